The summed E-state index contributed by atoms with van der Waals surface area (Å²) >= 11 is 0. The van der Waals surface area contributed by atoms with Crippen LogP contribution in [0.3, 0.4) is 0 Å². The number of rotatable bonds is 6. The van der Waals surface area contributed by atoms with Crippen LogP contribution in [-0.2, 0) is 15.6 Å². The number of benzene rings is 4. The van der Waals surface area contributed by atoms with Crippen molar-refractivity contribution in [2.24, 2.45) is 0 Å². The fourth-order valence-electron chi connectivity index (χ4n) is 4.92. The van der Waals surface area contributed by atoms with E-state index in [0.29, 0.717) is 5.75 Å². The molecule has 1 N–H and O–H groups in total. The summed E-state index contributed by atoms with van der Waals surface area (Å²) in [6.07, 6.45) is 1.19. The molecule has 0 aromatic heterocycles. The third-order valence-corrected chi connectivity index (χ3v) is 7.46. The molecule has 0 spiro atoms. The molecule has 0 bridgehead atoms. The Morgan fingerprint density at radius 3 is 1.68 bits per heavy atom. The van der Waals surface area contributed by atoms with Gasteiger partial charge in [-0.15, -0.1) is 0 Å². The molecule has 0 amide bonds. The highest BCUT2D eigenvalue weighted by atomic mass is 16.5. The number of hydrogen-bond donors (Lipinski definition) is 1. The van der Waals surface area contributed by atoms with E-state index in [-0.39, 0.29) is 22.5 Å². The van der Waals surface area contributed by atoms with Gasteiger partial charge in [-0.1, -0.05) is 128 Å². The predicted molar refractivity (Wildman–Crippen MR) is 166 cm³/mol. The van der Waals surface area contributed by atoms with Gasteiger partial charge in [-0.25, -0.2) is 4.79 Å². The second-order valence-corrected chi connectivity index (χ2v) is 12.5. The molecular weight excluding hydrogens is 492 g/mol. The Morgan fingerprint density at radius 2 is 1.20 bits per heavy atom. The first-order chi connectivity index (χ1) is 18.8. The zero-order valence-corrected chi connectivity index (χ0v) is 24.7. The van der Waals surface area contributed by atoms with Gasteiger partial charge >= 0.3 is 5.97 Å². The molecule has 3 heteroatoms. The normalized spacial score (nSPS) is 12.6. The van der Waals surface area contributed by atoms with Crippen LogP contribution in [0.25, 0.3) is 22.3 Å². The van der Waals surface area contributed by atoms with Crippen LogP contribution < -0.4 is 4.74 Å². The van der Waals surface area contributed by atoms with E-state index in [1.54, 1.807) is 0 Å². The Bertz CT molecular complexity index is 1520. The summed E-state index contributed by atoms with van der Waals surface area (Å²) in [5.41, 5.74) is 7.06. The zero-order chi connectivity index (χ0) is 29.2. The van der Waals surface area contributed by atoms with E-state index in [1.165, 1.54) is 6.08 Å². The van der Waals surface area contributed by atoms with Gasteiger partial charge in [0.25, 0.3) is 0 Å². The molecular formula is C37H40O3. The van der Waals surface area contributed by atoms with E-state index in [9.17, 15) is 9.90 Å². The van der Waals surface area contributed by atoms with Gasteiger partial charge in [0, 0.05) is 34.2 Å². The van der Waals surface area contributed by atoms with Crippen molar-refractivity contribution in [1.29, 1.82) is 0 Å². The van der Waals surface area contributed by atoms with Gasteiger partial charge in [0.2, 0.25) is 0 Å². The lowest BCUT2D eigenvalue weighted by Gasteiger charge is -2.28. The number of phenols is 1. The zero-order valence-electron chi connectivity index (χ0n) is 24.7. The highest BCUT2D eigenvalue weighted by molar-refractivity contribution is 5.87. The smallest absolute Gasteiger partial charge is 0.335 e. The highest BCUT2D eigenvalue weighted by Crippen LogP contribution is 2.47. The molecule has 0 saturated heterocycles. The van der Waals surface area contributed by atoms with Crippen LogP contribution in [0, 0.1) is 0 Å². The van der Waals surface area contributed by atoms with E-state index in [1.807, 2.05) is 60.7 Å². The standard InChI is InChI=1S/C37H40O3/c1-9-33(38)40-35-30(21-28(37(6,7)8)23-32(35)26-18-14-11-15-19-26)24(2)29-20-27(36(3,4)5)22-31(34(29)39)25-16-12-10-13-17-25/h9-24,39H,1H2,2-8H3. The SMILES string of the molecule is C=CC(=O)Oc1c(-c2ccccc2)cc(C(C)(C)C)cc1C(C)c1cc(C(C)(C)C)cc(-c2ccccc2)c1O. The maximum absolute atomic E-state index is 12.7. The Balaban J connectivity index is 2.06. The second kappa shape index (κ2) is 11.2. The van der Waals surface area contributed by atoms with Crippen LogP contribution in [0.2, 0.25) is 0 Å². The molecule has 4 rings (SSSR count). The maximum Gasteiger partial charge on any atom is 0.335 e. The molecule has 0 heterocycles. The molecule has 40 heavy (non-hydrogen) atoms. The number of hydrogen-bond acceptors (Lipinski definition) is 3. The van der Waals surface area contributed by atoms with Crippen LogP contribution in [-0.4, -0.2) is 11.1 Å². The highest BCUT2D eigenvalue weighted by Gasteiger charge is 2.28. The molecule has 4 aromatic rings. The van der Waals surface area contributed by atoms with Gasteiger partial charge in [0.15, 0.2) is 0 Å². The Kier molecular flexibility index (Phi) is 8.07. The number of ether oxygens (including phenoxy) is 1. The summed E-state index contributed by atoms with van der Waals surface area (Å²) in [5.74, 6) is -0.0949. The molecule has 0 fully saturated rings. The number of phenolic OH excluding ortho intramolecular Hbond substituents is 1. The molecule has 3 nitrogen and oxygen atoms in total. The fourth-order valence-corrected chi connectivity index (χ4v) is 4.92. The van der Waals surface area contributed by atoms with Crippen molar-refractivity contribution >= 4 is 5.97 Å². The largest absolute Gasteiger partial charge is 0.507 e. The Morgan fingerprint density at radius 1 is 0.750 bits per heavy atom. The number of carbonyl (C=O) groups excluding carboxylic acids is 1. The van der Waals surface area contributed by atoms with Gasteiger partial charge < -0.3 is 9.84 Å². The van der Waals surface area contributed by atoms with Crippen molar-refractivity contribution in [1.82, 2.24) is 0 Å². The number of aromatic hydroxyl groups is 1. The third-order valence-electron chi connectivity index (χ3n) is 7.46. The molecule has 0 radical (unpaired) electrons. The van der Waals surface area contributed by atoms with E-state index in [4.69, 9.17) is 4.74 Å². The first-order valence-electron chi connectivity index (χ1n) is 13.8. The van der Waals surface area contributed by atoms with Crippen LogP contribution in [0.15, 0.2) is 97.6 Å². The van der Waals surface area contributed by atoms with Crippen molar-refractivity contribution in [2.45, 2.75) is 65.2 Å². The first-order valence-corrected chi connectivity index (χ1v) is 13.8. The summed E-state index contributed by atoms with van der Waals surface area (Å²) in [4.78, 5) is 12.7. The summed E-state index contributed by atoms with van der Waals surface area (Å²) in [6, 6.07) is 28.3. The van der Waals surface area contributed by atoms with E-state index < -0.39 is 5.97 Å². The van der Waals surface area contributed by atoms with Crippen molar-refractivity contribution < 1.29 is 14.6 Å². The predicted octanol–water partition coefficient (Wildman–Crippen LogP) is 9.56. The lowest BCUT2D eigenvalue weighted by molar-refractivity contribution is -0.128. The van der Waals surface area contributed by atoms with Gasteiger partial charge in [0.1, 0.15) is 11.5 Å². The Labute approximate surface area is 239 Å². The fraction of sp³-hybridized carbons (Fsp3) is 0.270. The van der Waals surface area contributed by atoms with Gasteiger partial charge in [-0.2, -0.15) is 0 Å². The number of carbonyl (C=O) groups is 1. The van der Waals surface area contributed by atoms with Gasteiger partial charge in [-0.05, 0) is 45.2 Å². The summed E-state index contributed by atoms with van der Waals surface area (Å²) < 4.78 is 6.00. The third kappa shape index (κ3) is 6.04. The van der Waals surface area contributed by atoms with Crippen LogP contribution in [0.4, 0.5) is 0 Å². The van der Waals surface area contributed by atoms with Gasteiger partial charge in [0.05, 0.1) is 0 Å². The molecule has 0 aliphatic carbocycles. The van der Waals surface area contributed by atoms with Crippen molar-refractivity contribution in [3.63, 3.8) is 0 Å². The van der Waals surface area contributed by atoms with Crippen molar-refractivity contribution in [3.8, 4) is 33.8 Å². The summed E-state index contributed by atoms with van der Waals surface area (Å²) in [7, 11) is 0. The van der Waals surface area contributed by atoms with Gasteiger partial charge in [-0.3, -0.25) is 0 Å². The number of esters is 1. The quantitative estimate of drug-likeness (QED) is 0.153. The average Bonchev–Trinajstić information content (AvgIpc) is 2.92. The topological polar surface area (TPSA) is 46.5 Å². The first kappa shape index (κ1) is 28.9. The average molecular weight is 533 g/mol. The molecule has 1 atom stereocenters. The molecule has 206 valence electrons. The lowest BCUT2D eigenvalue weighted by atomic mass is 9.78. The van der Waals surface area contributed by atoms with E-state index in [2.05, 4.69) is 79.3 Å². The van der Waals surface area contributed by atoms with Crippen molar-refractivity contribution in [3.05, 3.63) is 120 Å². The second-order valence-electron chi connectivity index (χ2n) is 12.5. The maximum atomic E-state index is 12.7. The minimum atomic E-state index is -0.522. The van der Waals surface area contributed by atoms with Crippen LogP contribution in [0.5, 0.6) is 11.5 Å². The molecule has 0 aliphatic rings. The monoisotopic (exact) mass is 532 g/mol. The van der Waals surface area contributed by atoms with Crippen molar-refractivity contribution in [2.75, 3.05) is 0 Å². The lowest BCUT2D eigenvalue weighted by Crippen LogP contribution is -2.16. The molecule has 1 unspecified atom stereocenters. The molecule has 4 aromatic carbocycles. The summed E-state index contributed by atoms with van der Waals surface area (Å²) in [6.45, 7) is 18.7. The van der Waals surface area contributed by atoms with E-state index in [0.717, 1.165) is 44.5 Å². The minimum absolute atomic E-state index is 0.147. The van der Waals surface area contributed by atoms with E-state index >= 15 is 0 Å². The van der Waals surface area contributed by atoms with Crippen LogP contribution in [0.1, 0.15) is 76.6 Å². The summed E-state index contributed by atoms with van der Waals surface area (Å²) in [5, 5.41) is 11.8. The Hall–Kier alpha value is -4.11. The molecule has 0 saturated carbocycles. The molecule has 0 aliphatic heterocycles. The van der Waals surface area contributed by atoms with Crippen LogP contribution >= 0.6 is 0 Å². The minimum Gasteiger partial charge on any atom is -0.507 e.